The van der Waals surface area contributed by atoms with Gasteiger partial charge in [0.1, 0.15) is 6.20 Å². The zero-order valence-corrected chi connectivity index (χ0v) is 14.6. The third-order valence-electron chi connectivity index (χ3n) is 4.29. The van der Waals surface area contributed by atoms with E-state index in [9.17, 15) is 10.1 Å². The highest BCUT2D eigenvalue weighted by atomic mass is 16.6. The van der Waals surface area contributed by atoms with Gasteiger partial charge in [-0.3, -0.25) is 10.1 Å². The molecule has 0 saturated heterocycles. The molecule has 9 heteroatoms. The average Bonchev–Trinajstić information content (AvgIpc) is 3.31. The standard InChI is InChI=1S/C18H19N7O2/c26-25(27)16-12-20-18(23-17(16)22-14-4-5-14)19-10-8-13-2-6-15(7-3-13)24-11-1-9-21-24/h1-3,6-7,9,11-12,14H,4-5,8,10H2,(H2,19,20,22,23). The van der Waals surface area contributed by atoms with Crippen LogP contribution >= 0.6 is 0 Å². The summed E-state index contributed by atoms with van der Waals surface area (Å²) in [7, 11) is 0. The molecule has 0 radical (unpaired) electrons. The minimum absolute atomic E-state index is 0.0957. The van der Waals surface area contributed by atoms with Crippen LogP contribution in [0.3, 0.4) is 0 Å². The van der Waals surface area contributed by atoms with Crippen molar-refractivity contribution in [3.05, 3.63) is 64.6 Å². The van der Waals surface area contributed by atoms with E-state index >= 15 is 0 Å². The number of nitrogens with one attached hydrogen (secondary N) is 2. The fraction of sp³-hybridized carbons (Fsp3) is 0.278. The Morgan fingerprint density at radius 3 is 2.74 bits per heavy atom. The van der Waals surface area contributed by atoms with Crippen molar-refractivity contribution in [2.45, 2.75) is 25.3 Å². The van der Waals surface area contributed by atoms with Gasteiger partial charge in [-0.1, -0.05) is 12.1 Å². The van der Waals surface area contributed by atoms with Crippen LogP contribution in [0, 0.1) is 10.1 Å². The summed E-state index contributed by atoms with van der Waals surface area (Å²) in [5.41, 5.74) is 2.07. The van der Waals surface area contributed by atoms with E-state index in [0.29, 0.717) is 12.5 Å². The molecule has 27 heavy (non-hydrogen) atoms. The topological polar surface area (TPSA) is 111 Å². The minimum atomic E-state index is -0.463. The van der Waals surface area contributed by atoms with Crippen molar-refractivity contribution >= 4 is 17.5 Å². The Morgan fingerprint density at radius 1 is 1.26 bits per heavy atom. The average molecular weight is 365 g/mol. The van der Waals surface area contributed by atoms with Crippen LogP contribution in [0.1, 0.15) is 18.4 Å². The van der Waals surface area contributed by atoms with Gasteiger partial charge >= 0.3 is 5.69 Å². The molecule has 1 aromatic carbocycles. The lowest BCUT2D eigenvalue weighted by molar-refractivity contribution is -0.384. The van der Waals surface area contributed by atoms with Crippen LogP contribution in [0.5, 0.6) is 0 Å². The molecule has 2 heterocycles. The number of rotatable bonds is 8. The predicted molar refractivity (Wildman–Crippen MR) is 101 cm³/mol. The second kappa shape index (κ2) is 7.40. The van der Waals surface area contributed by atoms with Crippen molar-refractivity contribution in [1.29, 1.82) is 0 Å². The smallest absolute Gasteiger partial charge is 0.329 e. The van der Waals surface area contributed by atoms with Crippen LogP contribution in [0.2, 0.25) is 0 Å². The quantitative estimate of drug-likeness (QED) is 0.466. The highest BCUT2D eigenvalue weighted by Gasteiger charge is 2.26. The van der Waals surface area contributed by atoms with Gasteiger partial charge in [-0.2, -0.15) is 10.1 Å². The van der Waals surface area contributed by atoms with Gasteiger partial charge in [0.15, 0.2) is 0 Å². The first-order valence-electron chi connectivity index (χ1n) is 8.80. The molecule has 4 rings (SSSR count). The highest BCUT2D eigenvalue weighted by Crippen LogP contribution is 2.29. The first-order valence-corrected chi connectivity index (χ1v) is 8.80. The normalized spacial score (nSPS) is 13.3. The molecule has 0 bridgehead atoms. The third kappa shape index (κ3) is 4.20. The lowest BCUT2D eigenvalue weighted by Gasteiger charge is -2.09. The Kier molecular flexibility index (Phi) is 4.65. The van der Waals surface area contributed by atoms with Crippen LogP contribution in [0.25, 0.3) is 5.69 Å². The van der Waals surface area contributed by atoms with Crippen molar-refractivity contribution in [2.24, 2.45) is 0 Å². The number of aromatic nitrogens is 4. The van der Waals surface area contributed by atoms with Crippen molar-refractivity contribution in [1.82, 2.24) is 19.7 Å². The molecule has 138 valence electrons. The number of nitro groups is 1. The molecule has 0 aliphatic heterocycles. The molecule has 0 spiro atoms. The van der Waals surface area contributed by atoms with Gasteiger partial charge in [0.2, 0.25) is 11.8 Å². The van der Waals surface area contributed by atoms with Gasteiger partial charge in [-0.25, -0.2) is 9.67 Å². The second-order valence-corrected chi connectivity index (χ2v) is 6.40. The monoisotopic (exact) mass is 365 g/mol. The summed E-state index contributed by atoms with van der Waals surface area (Å²) in [6.07, 6.45) is 7.70. The molecule has 0 atom stereocenters. The molecule has 9 nitrogen and oxygen atoms in total. The maximum absolute atomic E-state index is 11.1. The second-order valence-electron chi connectivity index (χ2n) is 6.40. The summed E-state index contributed by atoms with van der Waals surface area (Å²) >= 11 is 0. The molecule has 0 amide bonds. The molecular weight excluding hydrogens is 346 g/mol. The molecule has 1 fully saturated rings. The van der Waals surface area contributed by atoms with Crippen LogP contribution in [-0.2, 0) is 6.42 Å². The van der Waals surface area contributed by atoms with Crippen LogP contribution in [0.15, 0.2) is 48.9 Å². The summed E-state index contributed by atoms with van der Waals surface area (Å²) < 4.78 is 1.81. The molecule has 3 aromatic rings. The molecular formula is C18H19N7O2. The van der Waals surface area contributed by atoms with E-state index in [1.807, 2.05) is 24.4 Å². The van der Waals surface area contributed by atoms with Gasteiger partial charge in [-0.15, -0.1) is 0 Å². The maximum atomic E-state index is 11.1. The first kappa shape index (κ1) is 17.0. The Labute approximate surface area is 155 Å². The molecule has 0 unspecified atom stereocenters. The zero-order valence-electron chi connectivity index (χ0n) is 14.6. The molecule has 1 saturated carbocycles. The van der Waals surface area contributed by atoms with E-state index in [1.165, 1.54) is 6.20 Å². The summed E-state index contributed by atoms with van der Waals surface area (Å²) in [4.78, 5) is 19.0. The van der Waals surface area contributed by atoms with Crippen molar-refractivity contribution in [2.75, 3.05) is 17.2 Å². The Balaban J connectivity index is 1.36. The van der Waals surface area contributed by atoms with Crippen LogP contribution < -0.4 is 10.6 Å². The van der Waals surface area contributed by atoms with E-state index in [2.05, 4.69) is 37.8 Å². The van der Waals surface area contributed by atoms with Crippen molar-refractivity contribution in [3.8, 4) is 5.69 Å². The maximum Gasteiger partial charge on any atom is 0.329 e. The number of anilines is 2. The number of hydrogen-bond acceptors (Lipinski definition) is 7. The van der Waals surface area contributed by atoms with E-state index in [0.717, 1.165) is 30.5 Å². The molecule has 2 aromatic heterocycles. The number of nitrogens with zero attached hydrogens (tertiary/aromatic N) is 5. The van der Waals surface area contributed by atoms with Crippen LogP contribution in [-0.4, -0.2) is 37.3 Å². The zero-order chi connectivity index (χ0) is 18.6. The van der Waals surface area contributed by atoms with Crippen molar-refractivity contribution < 1.29 is 4.92 Å². The van der Waals surface area contributed by atoms with E-state index < -0.39 is 4.92 Å². The lowest BCUT2D eigenvalue weighted by atomic mass is 10.1. The fourth-order valence-electron chi connectivity index (χ4n) is 2.68. The molecule has 1 aliphatic rings. The van der Waals surface area contributed by atoms with Crippen molar-refractivity contribution in [3.63, 3.8) is 0 Å². The lowest BCUT2D eigenvalue weighted by Crippen LogP contribution is -2.12. The van der Waals surface area contributed by atoms with Gasteiger partial charge in [0, 0.05) is 25.0 Å². The minimum Gasteiger partial charge on any atom is -0.361 e. The summed E-state index contributed by atoms with van der Waals surface area (Å²) in [6.45, 7) is 0.627. The van der Waals surface area contributed by atoms with E-state index in [-0.39, 0.29) is 17.5 Å². The SMILES string of the molecule is O=[N+]([O-])c1cnc(NCCc2ccc(-n3cccn3)cc2)nc1NC1CC1. The van der Waals surface area contributed by atoms with Crippen LogP contribution in [0.4, 0.5) is 17.5 Å². The summed E-state index contributed by atoms with van der Waals surface area (Å²) in [6, 6.07) is 10.3. The van der Waals surface area contributed by atoms with Gasteiger partial charge in [-0.05, 0) is 43.0 Å². The summed E-state index contributed by atoms with van der Waals surface area (Å²) in [5, 5.41) is 21.5. The number of hydrogen-bond donors (Lipinski definition) is 2. The first-order chi connectivity index (χ1) is 13.2. The van der Waals surface area contributed by atoms with E-state index in [4.69, 9.17) is 0 Å². The Hall–Kier alpha value is -3.49. The van der Waals surface area contributed by atoms with Gasteiger partial charge in [0.25, 0.3) is 0 Å². The van der Waals surface area contributed by atoms with Gasteiger partial charge < -0.3 is 10.6 Å². The Morgan fingerprint density at radius 2 is 2.07 bits per heavy atom. The Bertz CT molecular complexity index is 921. The third-order valence-corrected chi connectivity index (χ3v) is 4.29. The van der Waals surface area contributed by atoms with E-state index in [1.54, 1.807) is 10.9 Å². The fourth-order valence-corrected chi connectivity index (χ4v) is 2.68. The highest BCUT2D eigenvalue weighted by molar-refractivity contribution is 5.58. The number of benzene rings is 1. The molecule has 1 aliphatic carbocycles. The van der Waals surface area contributed by atoms with Gasteiger partial charge in [0.05, 0.1) is 10.6 Å². The summed E-state index contributed by atoms with van der Waals surface area (Å²) in [5.74, 6) is 0.667. The largest absolute Gasteiger partial charge is 0.361 e. The molecule has 2 N–H and O–H groups in total. The predicted octanol–water partition coefficient (Wildman–Crippen LogP) is 2.80.